The van der Waals surface area contributed by atoms with Crippen molar-refractivity contribution in [2.45, 2.75) is 214 Å². The van der Waals surface area contributed by atoms with E-state index in [-0.39, 0.29) is 91.8 Å². The lowest BCUT2D eigenvalue weighted by Crippen LogP contribution is -2.88. The van der Waals surface area contributed by atoms with Gasteiger partial charge in [0.2, 0.25) is 0 Å². The number of aldehydes is 1. The fourth-order valence-corrected chi connectivity index (χ4v) is 28.3. The van der Waals surface area contributed by atoms with Crippen molar-refractivity contribution in [3.63, 3.8) is 0 Å². The van der Waals surface area contributed by atoms with Crippen molar-refractivity contribution in [1.29, 1.82) is 0 Å². The summed E-state index contributed by atoms with van der Waals surface area (Å²) in [6, 6.07) is 26.0. The quantitative estimate of drug-likeness (QED) is 0.0733. The Balaban J connectivity index is 0.914. The molecular weight excluding hydrogens is 1150 g/mol. The molecule has 27 atom stereocenters. The number of carbonyl (C=O) groups excluding carboxylic acids is 2. The first-order valence-electron chi connectivity index (χ1n) is 36.6. The predicted octanol–water partition coefficient (Wildman–Crippen LogP) is 10.2. The Morgan fingerprint density at radius 1 is 0.761 bits per heavy atom. The van der Waals surface area contributed by atoms with Crippen molar-refractivity contribution in [2.24, 2.45) is 110 Å². The van der Waals surface area contributed by atoms with E-state index in [0.717, 1.165) is 100 Å². The van der Waals surface area contributed by atoms with Gasteiger partial charge < -0.3 is 50.2 Å². The summed E-state index contributed by atoms with van der Waals surface area (Å²) in [5.41, 5.74) is -5.40. The minimum Gasteiger partial charge on any atom is -0.454 e. The predicted molar refractivity (Wildman–Crippen MR) is 346 cm³/mol. The number of likely N-dealkylation sites (N-methyl/N-ethyl adjacent to an activating group) is 1. The van der Waals surface area contributed by atoms with Gasteiger partial charge in [-0.05, 0) is 234 Å². The molecule has 27 unspecified atom stereocenters. The highest BCUT2D eigenvalue weighted by atomic mass is 16.5. The number of benzene rings is 3. The molecule has 0 radical (unpaired) electrons. The van der Waals surface area contributed by atoms with Gasteiger partial charge in [0.05, 0.1) is 42.5 Å². The van der Waals surface area contributed by atoms with E-state index in [1.807, 2.05) is 25.2 Å². The molecule has 3 aromatic carbocycles. The van der Waals surface area contributed by atoms with Gasteiger partial charge in [0.15, 0.2) is 0 Å². The maximum absolute atomic E-state index is 16.5. The summed E-state index contributed by atoms with van der Waals surface area (Å²) in [5.74, 6) is 12.7. The van der Waals surface area contributed by atoms with Crippen molar-refractivity contribution in [2.75, 3.05) is 13.7 Å². The van der Waals surface area contributed by atoms with Crippen molar-refractivity contribution in [1.82, 2.24) is 5.32 Å². The lowest BCUT2D eigenvalue weighted by molar-refractivity contribution is -0.403. The molecule has 7 N–H and O–H groups in total. The Hall–Kier alpha value is -4.66. The van der Waals surface area contributed by atoms with E-state index in [2.05, 4.69) is 90.5 Å². The first kappa shape index (κ1) is 59.8. The van der Waals surface area contributed by atoms with E-state index in [9.17, 15) is 20.1 Å². The number of aliphatic hydroxyl groups is 6. The molecule has 10 saturated carbocycles. The Labute approximate surface area is 544 Å². The van der Waals surface area contributed by atoms with Crippen LogP contribution in [0.1, 0.15) is 175 Å². The molecule has 17 bridgehead atoms. The maximum Gasteiger partial charge on any atom is 0.331 e. The maximum atomic E-state index is 16.5. The molecule has 486 valence electrons. The van der Waals surface area contributed by atoms with Crippen LogP contribution in [0.3, 0.4) is 0 Å². The van der Waals surface area contributed by atoms with E-state index in [0.29, 0.717) is 62.4 Å². The lowest BCUT2D eigenvalue weighted by atomic mass is 9.29. The summed E-state index contributed by atoms with van der Waals surface area (Å²) < 4.78 is 14.8. The van der Waals surface area contributed by atoms with Crippen molar-refractivity contribution in [3.05, 3.63) is 118 Å². The second kappa shape index (κ2) is 20.9. The SMILES string of the molecule is CNC1Cc2c(cccc2CO)C#CC2(CCCC2)CC23CC4C#CCC5C(c6ccccc6)CCC6C5CC5CC7Cc8cccc(c8)CC8CCC(C8)C(C)C8CCC9C(O7)C56CC5(C=O)C4C(O)(C(O)C(C8)C95O)C2(O)CC2CC1C1OC(=O)C=C1C23CO. The number of nitrogens with one attached hydrogen (secondary N) is 1. The van der Waals surface area contributed by atoms with Gasteiger partial charge in [-0.15, -0.1) is 5.92 Å². The van der Waals surface area contributed by atoms with Crippen molar-refractivity contribution < 1.29 is 49.7 Å². The van der Waals surface area contributed by atoms with E-state index in [4.69, 9.17) is 9.47 Å². The normalized spacial score (nSPS) is 49.9. The largest absolute Gasteiger partial charge is 0.454 e. The van der Waals surface area contributed by atoms with Gasteiger partial charge in [0.1, 0.15) is 23.6 Å². The zero-order valence-electron chi connectivity index (χ0n) is 54.1. The second-order valence-electron chi connectivity index (χ2n) is 34.0. The summed E-state index contributed by atoms with van der Waals surface area (Å²) in [7, 11) is 1.93. The zero-order chi connectivity index (χ0) is 62.7. The molecule has 19 rings (SSSR count). The highest BCUT2D eigenvalue weighted by Gasteiger charge is 2.91. The number of rotatable bonds is 5. The molecule has 3 aliphatic heterocycles. The van der Waals surface area contributed by atoms with Crippen LogP contribution in [0, 0.1) is 134 Å². The van der Waals surface area contributed by atoms with E-state index < -0.39 is 104 Å². The van der Waals surface area contributed by atoms with Gasteiger partial charge in [-0.1, -0.05) is 104 Å². The summed E-state index contributed by atoms with van der Waals surface area (Å²) in [4.78, 5) is 31.1. The minimum absolute atomic E-state index is 0.0226. The van der Waals surface area contributed by atoms with Gasteiger partial charge in [0, 0.05) is 75.4 Å². The number of carbonyl (C=O) groups is 2. The Morgan fingerprint density at radius 3 is 2.33 bits per heavy atom. The van der Waals surface area contributed by atoms with Crippen LogP contribution in [0.5, 0.6) is 0 Å². The molecule has 13 aliphatic carbocycles. The number of ether oxygens (including phenoxy) is 2. The van der Waals surface area contributed by atoms with Gasteiger partial charge in [-0.3, -0.25) is 0 Å². The standard InChI is InChI=1S/C81H97NO10/c1-46-52-20-19-49(31-52)30-47-11-8-12-48(29-47)32-58-34-56-35-62-60-18-10-16-54-39-76-42-74(26-6-7-27-74)28-25-51-15-9-17-55(41-83)61(51)37-68(82-2)63-36-57(78(76,45-85)66-38-69(86)92-70(63)66)40-79(76,88)81(90)71(54)75(44-84)43-77(56,64(62)24-22-59(60)50-13-4-3-5-14-50)73(91-58)65-23-21-53(46)33-67(72(81)87)80(65,75)89/h3-5,8-9,11-15,17,29,38,44,46,49,52-54,56-60,62-65,67-68,70-73,82-83,85,87-90H,6-7,18-24,26-27,30-37,39-43,45H2,1-2H3. The van der Waals surface area contributed by atoms with Crippen LogP contribution >= 0.6 is 0 Å². The molecule has 1 saturated heterocycles. The van der Waals surface area contributed by atoms with Crippen molar-refractivity contribution in [3.8, 4) is 23.7 Å². The third-order valence-corrected chi connectivity index (χ3v) is 31.5. The molecule has 92 heavy (non-hydrogen) atoms. The smallest absolute Gasteiger partial charge is 0.331 e. The van der Waals surface area contributed by atoms with Crippen LogP contribution in [0.4, 0.5) is 0 Å². The lowest BCUT2D eigenvalue weighted by Gasteiger charge is -2.77. The average molecular weight is 1240 g/mol. The van der Waals surface area contributed by atoms with Gasteiger partial charge >= 0.3 is 5.97 Å². The first-order chi connectivity index (χ1) is 44.6. The molecule has 11 fully saturated rings. The third-order valence-electron chi connectivity index (χ3n) is 31.5. The van der Waals surface area contributed by atoms with Crippen LogP contribution in [0.15, 0.2) is 84.4 Å². The highest BCUT2D eigenvalue weighted by molar-refractivity contribution is 5.87. The molecule has 11 heteroatoms. The van der Waals surface area contributed by atoms with E-state index in [1.165, 1.54) is 16.7 Å². The van der Waals surface area contributed by atoms with Crippen LogP contribution < -0.4 is 5.32 Å². The van der Waals surface area contributed by atoms with Crippen LogP contribution in [-0.2, 0) is 44.9 Å². The first-order valence-corrected chi connectivity index (χ1v) is 36.6. The monoisotopic (exact) mass is 1240 g/mol. The second-order valence-corrected chi connectivity index (χ2v) is 34.0. The molecular formula is C81H97NO10. The number of hydrogen-bond donors (Lipinski definition) is 7. The molecule has 11 nitrogen and oxygen atoms in total. The number of esters is 1. The Kier molecular flexibility index (Phi) is 13.6. The minimum atomic E-state index is -2.49. The summed E-state index contributed by atoms with van der Waals surface area (Å²) in [6.45, 7) is 1.79. The van der Waals surface area contributed by atoms with Crippen LogP contribution in [-0.4, -0.2) is 104 Å². The van der Waals surface area contributed by atoms with Gasteiger partial charge in [-0.2, -0.15) is 0 Å². The summed E-state index contributed by atoms with van der Waals surface area (Å²) >= 11 is 0. The van der Waals surface area contributed by atoms with Crippen LogP contribution in [0.2, 0.25) is 0 Å². The Bertz CT molecular complexity index is 3670. The zero-order valence-corrected chi connectivity index (χ0v) is 54.1. The molecule has 16 aliphatic rings. The van der Waals surface area contributed by atoms with Crippen LogP contribution in [0.25, 0.3) is 0 Å². The van der Waals surface area contributed by atoms with Gasteiger partial charge in [-0.25, -0.2) is 4.79 Å². The third kappa shape index (κ3) is 7.56. The van der Waals surface area contributed by atoms with Crippen molar-refractivity contribution >= 4 is 12.3 Å². The Morgan fingerprint density at radius 2 is 1.53 bits per heavy atom. The number of hydrogen-bond acceptors (Lipinski definition) is 11. The average Bonchev–Trinajstić information content (AvgIpc) is 1.25. The molecule has 3 aromatic rings. The number of aliphatic hydroxyl groups excluding tert-OH is 3. The summed E-state index contributed by atoms with van der Waals surface area (Å²) in [5, 5.41) is 90.7. The van der Waals surface area contributed by atoms with E-state index >= 15 is 20.1 Å². The highest BCUT2D eigenvalue weighted by Crippen LogP contribution is 2.85. The molecule has 0 aromatic heterocycles. The fraction of sp³-hybridized carbons (Fsp3) is 0.679. The topological polar surface area (TPSA) is 186 Å². The number of fused-ring (bicyclic) bond motifs is 9. The van der Waals surface area contributed by atoms with E-state index in [1.54, 1.807) is 6.08 Å². The van der Waals surface area contributed by atoms with Gasteiger partial charge in [0.25, 0.3) is 0 Å². The molecule has 3 spiro atoms. The summed E-state index contributed by atoms with van der Waals surface area (Å²) in [6.07, 6.45) is 15.5. The fourth-order valence-electron chi connectivity index (χ4n) is 28.3. The molecule has 3 heterocycles. The molecule has 0 amide bonds.